The summed E-state index contributed by atoms with van der Waals surface area (Å²) in [6, 6.07) is 0. The van der Waals surface area contributed by atoms with E-state index in [0.29, 0.717) is 0 Å². The average molecular weight is 167 g/mol. The second-order valence-corrected chi connectivity index (χ2v) is 2.38. The Balaban J connectivity index is 4.51. The van der Waals surface area contributed by atoms with E-state index in [-0.39, 0.29) is 0 Å². The SMILES string of the molecule is C=C/C(S)=C(\C=C)N=CCC. The molecule has 0 aromatic rings. The van der Waals surface area contributed by atoms with Crippen LogP contribution in [0.4, 0.5) is 0 Å². The summed E-state index contributed by atoms with van der Waals surface area (Å²) in [4.78, 5) is 4.87. The average Bonchev–Trinajstić information content (AvgIpc) is 2.05. The Kier molecular flexibility index (Phi) is 5.57. The molecule has 0 unspecified atom stereocenters. The van der Waals surface area contributed by atoms with Gasteiger partial charge in [-0.2, -0.15) is 0 Å². The summed E-state index contributed by atoms with van der Waals surface area (Å²) in [5.41, 5.74) is 0.769. The Labute approximate surface area is 73.6 Å². The zero-order valence-electron chi connectivity index (χ0n) is 6.75. The summed E-state index contributed by atoms with van der Waals surface area (Å²) in [5.74, 6) is 0. The molecular formula is C9H13NS. The number of hydrogen-bond acceptors (Lipinski definition) is 2. The van der Waals surface area contributed by atoms with E-state index in [1.807, 2.05) is 13.1 Å². The molecule has 0 atom stereocenters. The van der Waals surface area contributed by atoms with Crippen molar-refractivity contribution in [2.75, 3.05) is 0 Å². The molecule has 0 spiro atoms. The molecule has 0 radical (unpaired) electrons. The van der Waals surface area contributed by atoms with Gasteiger partial charge < -0.3 is 0 Å². The Bertz CT molecular complexity index is 202. The summed E-state index contributed by atoms with van der Waals surface area (Å²) in [6.07, 6.45) is 6.04. The summed E-state index contributed by atoms with van der Waals surface area (Å²) in [7, 11) is 0. The highest BCUT2D eigenvalue weighted by Gasteiger charge is 1.90. The lowest BCUT2D eigenvalue weighted by Crippen LogP contribution is -1.77. The zero-order valence-corrected chi connectivity index (χ0v) is 7.64. The van der Waals surface area contributed by atoms with Crippen molar-refractivity contribution in [1.82, 2.24) is 0 Å². The van der Waals surface area contributed by atoms with E-state index in [9.17, 15) is 0 Å². The predicted molar refractivity (Wildman–Crippen MR) is 55.2 cm³/mol. The second-order valence-electron chi connectivity index (χ2n) is 1.90. The van der Waals surface area contributed by atoms with Crippen LogP contribution < -0.4 is 0 Å². The molecular weight excluding hydrogens is 154 g/mol. The molecule has 0 saturated heterocycles. The molecule has 0 bridgehead atoms. The number of nitrogens with zero attached hydrogens (tertiary/aromatic N) is 1. The summed E-state index contributed by atoms with van der Waals surface area (Å²) >= 11 is 4.15. The third-order valence-electron chi connectivity index (χ3n) is 1.06. The van der Waals surface area contributed by atoms with Crippen molar-refractivity contribution in [3.63, 3.8) is 0 Å². The van der Waals surface area contributed by atoms with E-state index in [1.165, 1.54) is 0 Å². The standard InChI is InChI=1S/C9H13NS/c1-4-7-10-8(5-2)9(11)6-3/h5-7,11H,2-4H2,1H3/b9-8-,10-7?. The Hall–Kier alpha value is -0.760. The molecule has 0 rings (SSSR count). The molecule has 0 aromatic carbocycles. The molecule has 0 amide bonds. The molecule has 0 aromatic heterocycles. The lowest BCUT2D eigenvalue weighted by atomic mass is 10.4. The van der Waals surface area contributed by atoms with E-state index in [2.05, 4.69) is 30.8 Å². The molecule has 0 heterocycles. The molecule has 1 nitrogen and oxygen atoms in total. The third-order valence-corrected chi connectivity index (χ3v) is 1.47. The topological polar surface area (TPSA) is 12.4 Å². The number of aliphatic imine (C=N–C) groups is 1. The maximum absolute atomic E-state index is 4.15. The van der Waals surface area contributed by atoms with Gasteiger partial charge >= 0.3 is 0 Å². The van der Waals surface area contributed by atoms with Crippen LogP contribution in [0.5, 0.6) is 0 Å². The zero-order chi connectivity index (χ0) is 8.69. The minimum absolute atomic E-state index is 0.754. The second kappa shape index (κ2) is 5.98. The van der Waals surface area contributed by atoms with Gasteiger partial charge in [-0.25, -0.2) is 0 Å². The van der Waals surface area contributed by atoms with Crippen LogP contribution in [0.1, 0.15) is 13.3 Å². The van der Waals surface area contributed by atoms with Crippen LogP contribution >= 0.6 is 12.6 Å². The third kappa shape index (κ3) is 3.83. The van der Waals surface area contributed by atoms with Gasteiger partial charge in [0.05, 0.1) is 5.70 Å². The van der Waals surface area contributed by atoms with Crippen LogP contribution in [0.3, 0.4) is 0 Å². The lowest BCUT2D eigenvalue weighted by molar-refractivity contribution is 1.29. The summed E-state index contributed by atoms with van der Waals surface area (Å²) < 4.78 is 0. The van der Waals surface area contributed by atoms with E-state index in [0.717, 1.165) is 17.0 Å². The van der Waals surface area contributed by atoms with Crippen LogP contribution in [-0.4, -0.2) is 6.21 Å². The Morgan fingerprint density at radius 2 is 2.09 bits per heavy atom. The normalized spacial score (nSPS) is 12.9. The van der Waals surface area contributed by atoms with Gasteiger partial charge in [-0.05, 0) is 12.5 Å². The van der Waals surface area contributed by atoms with Crippen LogP contribution in [0.2, 0.25) is 0 Å². The van der Waals surface area contributed by atoms with E-state index in [1.54, 1.807) is 12.2 Å². The van der Waals surface area contributed by atoms with Gasteiger partial charge in [-0.1, -0.05) is 26.2 Å². The summed E-state index contributed by atoms with van der Waals surface area (Å²) in [5, 5.41) is 0. The van der Waals surface area contributed by atoms with Gasteiger partial charge in [0.1, 0.15) is 0 Å². The van der Waals surface area contributed by atoms with Gasteiger partial charge in [0.15, 0.2) is 0 Å². The molecule has 0 fully saturated rings. The molecule has 0 aliphatic carbocycles. The lowest BCUT2D eigenvalue weighted by Gasteiger charge is -1.94. The molecule has 0 aliphatic rings. The highest BCUT2D eigenvalue weighted by molar-refractivity contribution is 7.84. The molecule has 2 heteroatoms. The minimum Gasteiger partial charge on any atom is -0.260 e. The quantitative estimate of drug-likeness (QED) is 0.375. The van der Waals surface area contributed by atoms with E-state index < -0.39 is 0 Å². The van der Waals surface area contributed by atoms with Crippen molar-refractivity contribution in [3.8, 4) is 0 Å². The van der Waals surface area contributed by atoms with Crippen molar-refractivity contribution in [2.45, 2.75) is 13.3 Å². The molecule has 0 aliphatic heterocycles. The molecule has 11 heavy (non-hydrogen) atoms. The van der Waals surface area contributed by atoms with Crippen LogP contribution in [0.25, 0.3) is 0 Å². The van der Waals surface area contributed by atoms with Crippen LogP contribution in [0.15, 0.2) is 40.9 Å². The fraction of sp³-hybridized carbons (Fsp3) is 0.222. The largest absolute Gasteiger partial charge is 0.260 e. The van der Waals surface area contributed by atoms with Crippen molar-refractivity contribution in [1.29, 1.82) is 0 Å². The Morgan fingerprint density at radius 1 is 1.45 bits per heavy atom. The first kappa shape index (κ1) is 10.2. The first-order valence-electron chi connectivity index (χ1n) is 3.46. The van der Waals surface area contributed by atoms with Gasteiger partial charge in [0.25, 0.3) is 0 Å². The molecule has 0 N–H and O–H groups in total. The van der Waals surface area contributed by atoms with E-state index in [4.69, 9.17) is 0 Å². The van der Waals surface area contributed by atoms with Crippen molar-refractivity contribution >= 4 is 18.8 Å². The van der Waals surface area contributed by atoms with Gasteiger partial charge in [-0.15, -0.1) is 12.6 Å². The minimum atomic E-state index is 0.754. The number of allylic oxidation sites excluding steroid dienone is 2. The van der Waals surface area contributed by atoms with Crippen LogP contribution in [0, 0.1) is 0 Å². The van der Waals surface area contributed by atoms with Crippen molar-refractivity contribution < 1.29 is 0 Å². The highest BCUT2D eigenvalue weighted by Crippen LogP contribution is 2.11. The van der Waals surface area contributed by atoms with Gasteiger partial charge in [-0.3, -0.25) is 4.99 Å². The van der Waals surface area contributed by atoms with Crippen molar-refractivity contribution in [2.24, 2.45) is 4.99 Å². The van der Waals surface area contributed by atoms with Gasteiger partial charge in [0.2, 0.25) is 0 Å². The van der Waals surface area contributed by atoms with Crippen molar-refractivity contribution in [3.05, 3.63) is 35.9 Å². The number of rotatable bonds is 4. The Morgan fingerprint density at radius 3 is 2.45 bits per heavy atom. The number of hydrogen-bond donors (Lipinski definition) is 1. The maximum atomic E-state index is 4.15. The van der Waals surface area contributed by atoms with Crippen LogP contribution in [-0.2, 0) is 0 Å². The highest BCUT2D eigenvalue weighted by atomic mass is 32.1. The smallest absolute Gasteiger partial charge is 0.0752 e. The van der Waals surface area contributed by atoms with Gasteiger partial charge in [0, 0.05) is 11.1 Å². The first-order valence-corrected chi connectivity index (χ1v) is 3.91. The fourth-order valence-electron chi connectivity index (χ4n) is 0.518. The molecule has 60 valence electrons. The first-order chi connectivity index (χ1) is 5.26. The summed E-state index contributed by atoms with van der Waals surface area (Å²) in [6.45, 7) is 9.22. The fourth-order valence-corrected chi connectivity index (χ4v) is 0.667. The molecule has 0 saturated carbocycles. The number of thiol groups is 1. The van der Waals surface area contributed by atoms with E-state index >= 15 is 0 Å². The maximum Gasteiger partial charge on any atom is 0.0752 e. The predicted octanol–water partition coefficient (Wildman–Crippen LogP) is 2.98. The monoisotopic (exact) mass is 167 g/mol.